The van der Waals surface area contributed by atoms with Gasteiger partial charge in [-0.05, 0) is 24.3 Å². The molecule has 2 heterocycles. The number of nitrogens with one attached hydrogen (secondary N) is 1. The zero-order chi connectivity index (χ0) is 14.5. The van der Waals surface area contributed by atoms with Crippen LogP contribution < -0.4 is 5.32 Å². The van der Waals surface area contributed by atoms with Crippen LogP contribution in [0.25, 0.3) is 10.7 Å². The molecule has 0 bridgehead atoms. The van der Waals surface area contributed by atoms with E-state index < -0.39 is 0 Å². The van der Waals surface area contributed by atoms with E-state index >= 15 is 0 Å². The molecule has 5 nitrogen and oxygen atoms in total. The number of hydrogen-bond acceptors (Lipinski definition) is 6. The third kappa shape index (κ3) is 4.07. The minimum atomic E-state index is 0.102. The van der Waals surface area contributed by atoms with Gasteiger partial charge in [-0.3, -0.25) is 4.79 Å². The molecule has 0 saturated heterocycles. The van der Waals surface area contributed by atoms with Gasteiger partial charge in [-0.15, -0.1) is 23.1 Å². The standard InChI is InChI=1S/C14H17N3O2S2/c18-12(15-10-4-1-2-5-10)8-20-9-13-16-14(17-19-13)11-6-3-7-21-11/h3,6-7,10H,1-2,4-5,8-9H2,(H,15,18). The normalized spacial score (nSPS) is 15.4. The molecule has 21 heavy (non-hydrogen) atoms. The van der Waals surface area contributed by atoms with Crippen LogP contribution in [0.3, 0.4) is 0 Å². The Morgan fingerprint density at radius 1 is 1.48 bits per heavy atom. The zero-order valence-electron chi connectivity index (χ0n) is 11.6. The highest BCUT2D eigenvalue weighted by Gasteiger charge is 2.17. The molecule has 1 saturated carbocycles. The Labute approximate surface area is 131 Å². The fraction of sp³-hybridized carbons (Fsp3) is 0.500. The molecule has 1 N–H and O–H groups in total. The summed E-state index contributed by atoms with van der Waals surface area (Å²) in [5.74, 6) is 2.29. The van der Waals surface area contributed by atoms with Crippen molar-refractivity contribution in [2.24, 2.45) is 0 Å². The van der Waals surface area contributed by atoms with E-state index in [0.29, 0.717) is 29.3 Å². The minimum absolute atomic E-state index is 0.102. The van der Waals surface area contributed by atoms with Crippen molar-refractivity contribution in [2.45, 2.75) is 37.5 Å². The maximum absolute atomic E-state index is 11.8. The predicted molar refractivity (Wildman–Crippen MR) is 84.2 cm³/mol. The highest BCUT2D eigenvalue weighted by Crippen LogP contribution is 2.22. The Bertz CT molecular complexity index is 577. The Kier molecular flexibility index (Phi) is 4.92. The number of thioether (sulfide) groups is 1. The Hall–Kier alpha value is -1.34. The van der Waals surface area contributed by atoms with Crippen molar-refractivity contribution >= 4 is 29.0 Å². The van der Waals surface area contributed by atoms with Crippen molar-refractivity contribution in [3.63, 3.8) is 0 Å². The predicted octanol–water partition coefficient (Wildman–Crippen LogP) is 3.09. The lowest BCUT2D eigenvalue weighted by Crippen LogP contribution is -2.33. The van der Waals surface area contributed by atoms with Crippen molar-refractivity contribution in [1.82, 2.24) is 15.5 Å². The van der Waals surface area contributed by atoms with E-state index in [0.717, 1.165) is 17.7 Å². The first-order chi connectivity index (χ1) is 10.3. The number of hydrogen-bond donors (Lipinski definition) is 1. The maximum Gasteiger partial charge on any atom is 0.236 e. The minimum Gasteiger partial charge on any atom is -0.353 e. The topological polar surface area (TPSA) is 68.0 Å². The van der Waals surface area contributed by atoms with Crippen LogP contribution in [0, 0.1) is 0 Å². The van der Waals surface area contributed by atoms with Crippen LogP contribution in [0.4, 0.5) is 0 Å². The molecule has 0 aromatic carbocycles. The smallest absolute Gasteiger partial charge is 0.236 e. The second kappa shape index (κ2) is 7.09. The van der Waals surface area contributed by atoms with E-state index in [1.54, 1.807) is 11.3 Å². The monoisotopic (exact) mass is 323 g/mol. The van der Waals surface area contributed by atoms with Gasteiger partial charge < -0.3 is 9.84 Å². The number of aromatic nitrogens is 2. The highest BCUT2D eigenvalue weighted by atomic mass is 32.2. The number of carbonyl (C=O) groups excluding carboxylic acids is 1. The second-order valence-corrected chi connectivity index (χ2v) is 6.96. The lowest BCUT2D eigenvalue weighted by molar-refractivity contribution is -0.119. The summed E-state index contributed by atoms with van der Waals surface area (Å²) in [5.41, 5.74) is 0. The molecule has 0 aliphatic heterocycles. The highest BCUT2D eigenvalue weighted by molar-refractivity contribution is 7.99. The second-order valence-electron chi connectivity index (χ2n) is 5.03. The summed E-state index contributed by atoms with van der Waals surface area (Å²) in [7, 11) is 0. The quantitative estimate of drug-likeness (QED) is 0.885. The SMILES string of the molecule is O=C(CSCc1nc(-c2cccs2)no1)NC1CCCC1. The largest absolute Gasteiger partial charge is 0.353 e. The third-order valence-corrected chi connectivity index (χ3v) is 5.17. The van der Waals surface area contributed by atoms with Gasteiger partial charge in [-0.1, -0.05) is 24.1 Å². The van der Waals surface area contributed by atoms with Gasteiger partial charge in [0.15, 0.2) is 0 Å². The molecular formula is C14H17N3O2S2. The van der Waals surface area contributed by atoms with Crippen LogP contribution in [0.5, 0.6) is 0 Å². The van der Waals surface area contributed by atoms with Crippen LogP contribution in [0.1, 0.15) is 31.6 Å². The van der Waals surface area contributed by atoms with Crippen LogP contribution in [0.2, 0.25) is 0 Å². The van der Waals surface area contributed by atoms with E-state index in [4.69, 9.17) is 4.52 Å². The number of amides is 1. The molecular weight excluding hydrogens is 306 g/mol. The lowest BCUT2D eigenvalue weighted by Gasteiger charge is -2.10. The van der Waals surface area contributed by atoms with E-state index in [2.05, 4.69) is 15.5 Å². The molecule has 1 aliphatic carbocycles. The molecule has 2 aromatic rings. The number of nitrogens with zero attached hydrogens (tertiary/aromatic N) is 2. The fourth-order valence-electron chi connectivity index (χ4n) is 2.39. The van der Waals surface area contributed by atoms with Gasteiger partial charge in [-0.25, -0.2) is 0 Å². The number of carbonyl (C=O) groups is 1. The van der Waals surface area contributed by atoms with Gasteiger partial charge in [0.2, 0.25) is 17.6 Å². The third-order valence-electron chi connectivity index (χ3n) is 3.39. The van der Waals surface area contributed by atoms with E-state index in [1.165, 1.54) is 24.6 Å². The van der Waals surface area contributed by atoms with Gasteiger partial charge in [0.1, 0.15) is 0 Å². The summed E-state index contributed by atoms with van der Waals surface area (Å²) < 4.78 is 5.20. The Balaban J connectivity index is 1.42. The molecule has 0 spiro atoms. The van der Waals surface area contributed by atoms with Gasteiger partial charge in [-0.2, -0.15) is 4.98 Å². The number of thiophene rings is 1. The fourth-order valence-corrected chi connectivity index (χ4v) is 3.70. The molecule has 112 valence electrons. The molecule has 0 radical (unpaired) electrons. The zero-order valence-corrected chi connectivity index (χ0v) is 13.2. The first kappa shape index (κ1) is 14.6. The molecule has 1 aliphatic rings. The summed E-state index contributed by atoms with van der Waals surface area (Å²) in [5, 5.41) is 9.00. The molecule has 0 unspecified atom stereocenters. The Morgan fingerprint density at radius 2 is 2.33 bits per heavy atom. The molecule has 1 amide bonds. The first-order valence-corrected chi connectivity index (χ1v) is 9.08. The van der Waals surface area contributed by atoms with Crippen LogP contribution in [0.15, 0.2) is 22.0 Å². The van der Waals surface area contributed by atoms with Gasteiger partial charge in [0.25, 0.3) is 0 Å². The van der Waals surface area contributed by atoms with E-state index in [1.807, 2.05) is 17.5 Å². The lowest BCUT2D eigenvalue weighted by atomic mass is 10.2. The van der Waals surface area contributed by atoms with Gasteiger partial charge in [0.05, 0.1) is 16.4 Å². The summed E-state index contributed by atoms with van der Waals surface area (Å²) in [6, 6.07) is 4.30. The summed E-state index contributed by atoms with van der Waals surface area (Å²) >= 11 is 3.08. The molecule has 1 fully saturated rings. The van der Waals surface area contributed by atoms with Crippen LogP contribution >= 0.6 is 23.1 Å². The maximum atomic E-state index is 11.8. The van der Waals surface area contributed by atoms with Crippen molar-refractivity contribution in [3.8, 4) is 10.7 Å². The molecule has 3 rings (SSSR count). The summed E-state index contributed by atoms with van der Waals surface area (Å²) in [4.78, 5) is 17.1. The average Bonchev–Trinajstić information content (AvgIpc) is 3.21. The average molecular weight is 323 g/mol. The molecule has 0 atom stereocenters. The molecule has 2 aromatic heterocycles. The first-order valence-electron chi connectivity index (χ1n) is 7.05. The van der Waals surface area contributed by atoms with E-state index in [-0.39, 0.29) is 5.91 Å². The Morgan fingerprint density at radius 3 is 3.10 bits per heavy atom. The van der Waals surface area contributed by atoms with Gasteiger partial charge >= 0.3 is 0 Å². The van der Waals surface area contributed by atoms with Crippen molar-refractivity contribution in [1.29, 1.82) is 0 Å². The summed E-state index contributed by atoms with van der Waals surface area (Å²) in [6.45, 7) is 0. The molecule has 7 heteroatoms. The summed E-state index contributed by atoms with van der Waals surface area (Å²) in [6.07, 6.45) is 4.69. The van der Waals surface area contributed by atoms with Crippen molar-refractivity contribution in [2.75, 3.05) is 5.75 Å². The van der Waals surface area contributed by atoms with Crippen LogP contribution in [-0.2, 0) is 10.5 Å². The van der Waals surface area contributed by atoms with Crippen LogP contribution in [-0.4, -0.2) is 27.8 Å². The number of rotatable bonds is 6. The van der Waals surface area contributed by atoms with Crippen molar-refractivity contribution in [3.05, 3.63) is 23.4 Å². The van der Waals surface area contributed by atoms with Gasteiger partial charge in [0, 0.05) is 6.04 Å². The van der Waals surface area contributed by atoms with Crippen molar-refractivity contribution < 1.29 is 9.32 Å². The van der Waals surface area contributed by atoms with E-state index in [9.17, 15) is 4.79 Å².